The number of thioether (sulfide) groups is 1. The van der Waals surface area contributed by atoms with Gasteiger partial charge in [0, 0.05) is 24.2 Å². The number of hydrogen-bond donors (Lipinski definition) is 2. The van der Waals surface area contributed by atoms with Gasteiger partial charge in [0.25, 0.3) is 5.91 Å². The average molecular weight is 556 g/mol. The van der Waals surface area contributed by atoms with Gasteiger partial charge in [-0.15, -0.1) is 0 Å². The Hall–Kier alpha value is -4.44. The molecule has 1 atom stereocenters. The van der Waals surface area contributed by atoms with Gasteiger partial charge in [0.2, 0.25) is 11.8 Å². The lowest BCUT2D eigenvalue weighted by Crippen LogP contribution is -2.44. The van der Waals surface area contributed by atoms with Crippen LogP contribution in [-0.2, 0) is 20.8 Å². The molecule has 0 saturated heterocycles. The van der Waals surface area contributed by atoms with Crippen LogP contribution in [0.15, 0.2) is 88.8 Å². The molecule has 3 amide bonds. The number of rotatable bonds is 10. The maximum atomic E-state index is 13.0. The second-order valence-corrected chi connectivity index (χ2v) is 10.2. The Morgan fingerprint density at radius 2 is 1.70 bits per heavy atom. The van der Waals surface area contributed by atoms with Crippen LogP contribution in [-0.4, -0.2) is 59.1 Å². The van der Waals surface area contributed by atoms with E-state index in [0.717, 1.165) is 17.5 Å². The van der Waals surface area contributed by atoms with Crippen molar-refractivity contribution in [2.45, 2.75) is 25.3 Å². The number of amidine groups is 2. The molecule has 204 valence electrons. The minimum Gasteiger partial charge on any atom is -0.497 e. The third-order valence-electron chi connectivity index (χ3n) is 6.54. The minimum absolute atomic E-state index is 0.0810. The van der Waals surface area contributed by atoms with E-state index in [1.165, 1.54) is 11.8 Å². The van der Waals surface area contributed by atoms with Crippen molar-refractivity contribution in [3.05, 3.63) is 90.0 Å². The number of anilines is 1. The number of aliphatic imine (C=N–C) groups is 2. The Balaban J connectivity index is 1.23. The van der Waals surface area contributed by atoms with Gasteiger partial charge in [-0.25, -0.2) is 4.99 Å². The fraction of sp³-hybridized carbons (Fsp3) is 0.233. The van der Waals surface area contributed by atoms with Crippen molar-refractivity contribution in [1.29, 1.82) is 0 Å². The Kier molecular flexibility index (Phi) is 8.56. The molecule has 2 N–H and O–H groups in total. The highest BCUT2D eigenvalue weighted by molar-refractivity contribution is 8.14. The number of methoxy groups -OCH3 is 1. The van der Waals surface area contributed by atoms with Gasteiger partial charge in [-0.05, 0) is 54.8 Å². The number of fused-ring (bicyclic) bond motifs is 3. The van der Waals surface area contributed by atoms with Crippen LogP contribution in [0.1, 0.15) is 24.0 Å². The monoisotopic (exact) mass is 555 g/mol. The van der Waals surface area contributed by atoms with E-state index in [-0.39, 0.29) is 36.3 Å². The third kappa shape index (κ3) is 6.40. The molecule has 0 saturated carbocycles. The predicted molar refractivity (Wildman–Crippen MR) is 157 cm³/mol. The van der Waals surface area contributed by atoms with Crippen molar-refractivity contribution in [2.24, 2.45) is 9.98 Å². The number of nitrogens with one attached hydrogen (secondary N) is 2. The number of carbonyl (C=O) groups is 3. The first-order chi connectivity index (χ1) is 19.5. The average Bonchev–Trinajstić information content (AvgIpc) is 3.32. The van der Waals surface area contributed by atoms with Gasteiger partial charge in [0.1, 0.15) is 17.6 Å². The molecule has 5 rings (SSSR count). The molecule has 2 aliphatic rings. The summed E-state index contributed by atoms with van der Waals surface area (Å²) in [7, 11) is 1.58. The van der Waals surface area contributed by atoms with Gasteiger partial charge >= 0.3 is 0 Å². The summed E-state index contributed by atoms with van der Waals surface area (Å²) in [5.74, 6) is 0.624. The summed E-state index contributed by atoms with van der Waals surface area (Å²) < 4.78 is 5.16. The number of ether oxygens (including phenoxy) is 1. The molecule has 0 radical (unpaired) electrons. The Morgan fingerprint density at radius 1 is 0.950 bits per heavy atom. The molecule has 2 aliphatic heterocycles. The quantitative estimate of drug-likeness (QED) is 0.389. The van der Waals surface area contributed by atoms with Crippen molar-refractivity contribution in [3.8, 4) is 5.75 Å². The highest BCUT2D eigenvalue weighted by Gasteiger charge is 2.41. The summed E-state index contributed by atoms with van der Waals surface area (Å²) in [5, 5.41) is 6.30. The van der Waals surface area contributed by atoms with E-state index in [2.05, 4.69) is 15.6 Å². The van der Waals surface area contributed by atoms with Gasteiger partial charge in [-0.3, -0.25) is 19.3 Å². The van der Waals surface area contributed by atoms with Crippen LogP contribution in [0.3, 0.4) is 0 Å². The molecule has 0 aromatic heterocycles. The number of benzene rings is 3. The van der Waals surface area contributed by atoms with E-state index in [1.54, 1.807) is 36.3 Å². The minimum atomic E-state index is -0.667. The SMILES string of the molecule is COc1ccc(NC(=O)CSC2=Nc3ccccc3C3=NC(=O)C(CCC(=O)NCCc4ccccc4)N23)cc1. The summed E-state index contributed by atoms with van der Waals surface area (Å²) in [4.78, 5) is 49.2. The van der Waals surface area contributed by atoms with Crippen LogP contribution < -0.4 is 15.4 Å². The van der Waals surface area contributed by atoms with Crippen LogP contribution in [0.4, 0.5) is 11.4 Å². The summed E-state index contributed by atoms with van der Waals surface area (Å²) in [6, 6.07) is 23.8. The van der Waals surface area contributed by atoms with Crippen molar-refractivity contribution >= 4 is 51.9 Å². The second kappa shape index (κ2) is 12.6. The lowest BCUT2D eigenvalue weighted by Gasteiger charge is -2.31. The number of nitrogens with zero attached hydrogens (tertiary/aromatic N) is 3. The van der Waals surface area contributed by atoms with Crippen LogP contribution >= 0.6 is 11.8 Å². The molecule has 0 aliphatic carbocycles. The topological polar surface area (TPSA) is 112 Å². The van der Waals surface area contributed by atoms with Gasteiger partial charge in [-0.1, -0.05) is 54.2 Å². The summed E-state index contributed by atoms with van der Waals surface area (Å²) in [5.41, 5.74) is 3.23. The zero-order valence-corrected chi connectivity index (χ0v) is 22.8. The molecule has 1 unspecified atom stereocenters. The molecule has 0 spiro atoms. The second-order valence-electron chi connectivity index (χ2n) is 9.26. The molecule has 9 nitrogen and oxygen atoms in total. The molecule has 3 aromatic carbocycles. The Bertz CT molecular complexity index is 1460. The Labute approximate surface area is 236 Å². The fourth-order valence-corrected chi connectivity index (χ4v) is 5.37. The van der Waals surface area contributed by atoms with Crippen molar-refractivity contribution < 1.29 is 19.1 Å². The van der Waals surface area contributed by atoms with E-state index in [9.17, 15) is 14.4 Å². The van der Waals surface area contributed by atoms with E-state index >= 15 is 0 Å². The van der Waals surface area contributed by atoms with Crippen LogP contribution in [0, 0.1) is 0 Å². The maximum absolute atomic E-state index is 13.0. The maximum Gasteiger partial charge on any atom is 0.270 e. The largest absolute Gasteiger partial charge is 0.497 e. The number of hydrogen-bond acceptors (Lipinski definition) is 7. The van der Waals surface area contributed by atoms with Gasteiger partial charge in [-0.2, -0.15) is 4.99 Å². The molecule has 0 bridgehead atoms. The smallest absolute Gasteiger partial charge is 0.270 e. The normalized spacial score (nSPS) is 15.5. The first-order valence-corrected chi connectivity index (χ1v) is 14.0. The van der Waals surface area contributed by atoms with E-state index < -0.39 is 6.04 Å². The van der Waals surface area contributed by atoms with Crippen LogP contribution in [0.5, 0.6) is 5.75 Å². The highest BCUT2D eigenvalue weighted by Crippen LogP contribution is 2.35. The molecule has 10 heteroatoms. The summed E-state index contributed by atoms with van der Waals surface area (Å²) >= 11 is 1.23. The fourth-order valence-electron chi connectivity index (χ4n) is 4.52. The number of carbonyl (C=O) groups excluding carboxylic acids is 3. The van der Waals surface area contributed by atoms with Crippen molar-refractivity contribution in [3.63, 3.8) is 0 Å². The van der Waals surface area contributed by atoms with Gasteiger partial charge < -0.3 is 15.4 Å². The van der Waals surface area contributed by atoms with Gasteiger partial charge in [0.15, 0.2) is 5.17 Å². The predicted octanol–water partition coefficient (Wildman–Crippen LogP) is 4.16. The molecular formula is C30H29N5O4S. The molecule has 2 heterocycles. The lowest BCUT2D eigenvalue weighted by molar-refractivity contribution is -0.122. The van der Waals surface area contributed by atoms with E-state index in [1.807, 2.05) is 54.6 Å². The standard InChI is InChI=1S/C30H29N5O4S/c1-39-22-13-11-21(12-14-22)32-27(37)19-40-30-33-24-10-6-5-9-23(24)28-34-29(38)25(35(28)30)15-16-26(36)31-18-17-20-7-3-2-4-8-20/h2-14,25H,15-19H2,1H3,(H,31,36)(H,32,37). The van der Waals surface area contributed by atoms with Gasteiger partial charge in [0.05, 0.1) is 18.6 Å². The first kappa shape index (κ1) is 27.1. The number of amides is 3. The molecule has 40 heavy (non-hydrogen) atoms. The number of para-hydroxylation sites is 1. The zero-order valence-electron chi connectivity index (χ0n) is 22.0. The Morgan fingerprint density at radius 3 is 2.48 bits per heavy atom. The van der Waals surface area contributed by atoms with Crippen LogP contribution in [0.25, 0.3) is 0 Å². The first-order valence-electron chi connectivity index (χ1n) is 13.0. The van der Waals surface area contributed by atoms with Crippen molar-refractivity contribution in [1.82, 2.24) is 10.2 Å². The van der Waals surface area contributed by atoms with E-state index in [0.29, 0.717) is 34.7 Å². The van der Waals surface area contributed by atoms with Crippen molar-refractivity contribution in [2.75, 3.05) is 24.7 Å². The highest BCUT2D eigenvalue weighted by atomic mass is 32.2. The lowest BCUT2D eigenvalue weighted by atomic mass is 10.1. The molecule has 0 fully saturated rings. The van der Waals surface area contributed by atoms with Crippen LogP contribution in [0.2, 0.25) is 0 Å². The molecule has 3 aromatic rings. The third-order valence-corrected chi connectivity index (χ3v) is 7.49. The molecular weight excluding hydrogens is 526 g/mol. The summed E-state index contributed by atoms with van der Waals surface area (Å²) in [6.07, 6.45) is 1.18. The zero-order chi connectivity index (χ0) is 27.9. The van der Waals surface area contributed by atoms with E-state index in [4.69, 9.17) is 9.73 Å². The summed E-state index contributed by atoms with van der Waals surface area (Å²) in [6.45, 7) is 0.520.